The van der Waals surface area contributed by atoms with Gasteiger partial charge in [-0.05, 0) is 16.5 Å². The first-order valence-corrected chi connectivity index (χ1v) is 10.9. The van der Waals surface area contributed by atoms with Crippen LogP contribution in [0.3, 0.4) is 0 Å². The minimum atomic E-state index is -1.42. The van der Waals surface area contributed by atoms with Gasteiger partial charge in [-0.25, -0.2) is 0 Å². The lowest BCUT2D eigenvalue weighted by atomic mass is 9.84. The first-order chi connectivity index (χ1) is 10.0. The van der Waals surface area contributed by atoms with Crippen molar-refractivity contribution in [3.05, 3.63) is 39.3 Å². The zero-order valence-electron chi connectivity index (χ0n) is 14.4. The summed E-state index contributed by atoms with van der Waals surface area (Å²) in [4.78, 5) is 2.78. The first kappa shape index (κ1) is 18.2. The molecule has 5 heteroatoms. The van der Waals surface area contributed by atoms with Crippen LogP contribution in [0.2, 0.25) is 19.6 Å². The summed E-state index contributed by atoms with van der Waals surface area (Å²) in [5, 5.41) is 14.0. The van der Waals surface area contributed by atoms with Gasteiger partial charge in [-0.15, -0.1) is 11.5 Å². The maximum absolute atomic E-state index is 10.4. The van der Waals surface area contributed by atoms with Crippen molar-refractivity contribution in [1.82, 2.24) is 0 Å². The van der Waals surface area contributed by atoms with E-state index in [9.17, 15) is 5.11 Å². The third-order valence-corrected chi connectivity index (χ3v) is 4.11. The van der Waals surface area contributed by atoms with Gasteiger partial charge in [0.25, 0.3) is 0 Å². The van der Waals surface area contributed by atoms with Crippen LogP contribution in [0.1, 0.15) is 37.5 Å². The second-order valence-electron chi connectivity index (χ2n) is 7.51. The average molecular weight is 315 g/mol. The largest absolute Gasteiger partial charge is 0.507 e. The van der Waals surface area contributed by atoms with Gasteiger partial charge in [-0.1, -0.05) is 57.7 Å². The lowest BCUT2D eigenvalue weighted by Crippen LogP contribution is -2.16. The smallest absolute Gasteiger partial charge is 0.129 e. The van der Waals surface area contributed by atoms with Crippen LogP contribution in [-0.2, 0) is 18.4 Å². The summed E-state index contributed by atoms with van der Waals surface area (Å²) in [5.74, 6) is 3.39. The van der Waals surface area contributed by atoms with E-state index in [-0.39, 0.29) is 17.7 Å². The van der Waals surface area contributed by atoms with Gasteiger partial charge in [0.15, 0.2) is 0 Å². The Morgan fingerprint density at radius 1 is 1.23 bits per heavy atom. The molecule has 1 N–H and O–H groups in total. The summed E-state index contributed by atoms with van der Waals surface area (Å²) >= 11 is 0. The van der Waals surface area contributed by atoms with Crippen LogP contribution in [0.4, 0.5) is 0 Å². The average Bonchev–Trinajstić information content (AvgIpc) is 2.36. The Bertz CT molecular complexity index is 651. The highest BCUT2D eigenvalue weighted by Gasteiger charge is 2.18. The number of nitrogens with zero attached hydrogens (tertiary/aromatic N) is 3. The fraction of sp³-hybridized carbons (Fsp3) is 0.529. The van der Waals surface area contributed by atoms with Crippen LogP contribution >= 0.6 is 0 Å². The number of benzene rings is 1. The Hall–Kier alpha value is -1.89. The predicted molar refractivity (Wildman–Crippen MR) is 94.5 cm³/mol. The normalized spacial score (nSPS) is 11.4. The van der Waals surface area contributed by atoms with Gasteiger partial charge in [-0.2, -0.15) is 0 Å². The third-order valence-electron chi connectivity index (χ3n) is 3.18. The SMILES string of the molecule is CC(C)(C)c1cc(CC#C[Si](C)(C)C)c(O)c(CN=[N+]=[N-])c1. The molecule has 4 nitrogen and oxygen atoms in total. The molecule has 0 aliphatic heterocycles. The summed E-state index contributed by atoms with van der Waals surface area (Å²) in [5.41, 5.74) is 14.4. The Labute approximate surface area is 134 Å². The Balaban J connectivity index is 3.29. The van der Waals surface area contributed by atoms with E-state index in [1.165, 1.54) is 0 Å². The molecule has 1 aromatic rings. The molecule has 1 rings (SSSR count). The number of rotatable bonds is 3. The highest BCUT2D eigenvalue weighted by molar-refractivity contribution is 6.83. The number of azide groups is 1. The van der Waals surface area contributed by atoms with E-state index < -0.39 is 8.07 Å². The van der Waals surface area contributed by atoms with E-state index in [0.29, 0.717) is 12.0 Å². The number of hydrogen-bond donors (Lipinski definition) is 1. The molecule has 0 spiro atoms. The summed E-state index contributed by atoms with van der Waals surface area (Å²) in [7, 11) is -1.42. The van der Waals surface area contributed by atoms with Crippen LogP contribution in [0.5, 0.6) is 5.75 Å². The summed E-state index contributed by atoms with van der Waals surface area (Å²) < 4.78 is 0. The zero-order valence-corrected chi connectivity index (χ0v) is 15.4. The molecule has 0 aromatic heterocycles. The molecule has 0 amide bonds. The number of hydrogen-bond acceptors (Lipinski definition) is 2. The number of aromatic hydroxyl groups is 1. The van der Waals surface area contributed by atoms with E-state index >= 15 is 0 Å². The lowest BCUT2D eigenvalue weighted by molar-refractivity contribution is 0.461. The molecule has 0 bridgehead atoms. The van der Waals surface area contributed by atoms with Crippen LogP contribution < -0.4 is 0 Å². The molecule has 0 aliphatic carbocycles. The van der Waals surface area contributed by atoms with Crippen molar-refractivity contribution in [2.45, 2.75) is 58.8 Å². The summed E-state index contributed by atoms with van der Waals surface area (Å²) in [6, 6.07) is 3.92. The van der Waals surface area contributed by atoms with Gasteiger partial charge >= 0.3 is 0 Å². The van der Waals surface area contributed by atoms with Crippen molar-refractivity contribution in [2.75, 3.05) is 0 Å². The van der Waals surface area contributed by atoms with Crippen LogP contribution in [0.25, 0.3) is 10.4 Å². The molecular formula is C17H25N3OSi. The Morgan fingerprint density at radius 3 is 2.32 bits per heavy atom. The lowest BCUT2D eigenvalue weighted by Gasteiger charge is -2.22. The molecule has 0 saturated carbocycles. The standard InChI is InChI=1S/C17H25N3OSi/c1-17(2,3)15-10-13(8-7-9-22(4,5)6)16(21)14(11-15)12-19-20-18/h10-11,21H,8,12H2,1-6H3. The monoisotopic (exact) mass is 315 g/mol. The molecule has 0 aliphatic rings. The van der Waals surface area contributed by atoms with Crippen molar-refractivity contribution < 1.29 is 5.11 Å². The minimum Gasteiger partial charge on any atom is -0.507 e. The molecule has 0 heterocycles. The van der Waals surface area contributed by atoms with Crippen molar-refractivity contribution in [3.8, 4) is 17.2 Å². The molecule has 118 valence electrons. The molecular weight excluding hydrogens is 290 g/mol. The van der Waals surface area contributed by atoms with Crippen molar-refractivity contribution >= 4 is 8.07 Å². The van der Waals surface area contributed by atoms with Crippen molar-refractivity contribution in [3.63, 3.8) is 0 Å². The quantitative estimate of drug-likeness (QED) is 0.278. The van der Waals surface area contributed by atoms with Crippen LogP contribution in [0.15, 0.2) is 17.2 Å². The molecule has 0 saturated heterocycles. The molecule has 0 fully saturated rings. The number of phenols is 1. The van der Waals surface area contributed by atoms with Gasteiger partial charge in [0, 0.05) is 22.5 Å². The third kappa shape index (κ3) is 5.48. The molecule has 0 unspecified atom stereocenters. The van der Waals surface area contributed by atoms with Crippen LogP contribution in [-0.4, -0.2) is 13.2 Å². The van der Waals surface area contributed by atoms with Gasteiger partial charge in [0.1, 0.15) is 13.8 Å². The maximum atomic E-state index is 10.4. The maximum Gasteiger partial charge on any atom is 0.129 e. The predicted octanol–water partition coefficient (Wildman–Crippen LogP) is 4.92. The van der Waals surface area contributed by atoms with E-state index in [4.69, 9.17) is 5.53 Å². The van der Waals surface area contributed by atoms with Gasteiger partial charge in [0.05, 0.1) is 6.54 Å². The molecule has 1 aromatic carbocycles. The molecule has 0 atom stereocenters. The number of phenolic OH excluding ortho intramolecular Hbond substituents is 1. The second kappa shape index (κ2) is 6.91. The molecule has 22 heavy (non-hydrogen) atoms. The van der Waals surface area contributed by atoms with E-state index in [1.807, 2.05) is 12.1 Å². The Kier molecular flexibility index (Phi) is 5.70. The van der Waals surface area contributed by atoms with E-state index in [0.717, 1.165) is 11.1 Å². The van der Waals surface area contributed by atoms with Gasteiger partial charge in [-0.3, -0.25) is 0 Å². The summed E-state index contributed by atoms with van der Waals surface area (Å²) in [6.07, 6.45) is 0.517. The fourth-order valence-electron chi connectivity index (χ4n) is 1.96. The van der Waals surface area contributed by atoms with E-state index in [2.05, 4.69) is 61.9 Å². The van der Waals surface area contributed by atoms with Crippen molar-refractivity contribution in [1.29, 1.82) is 0 Å². The fourth-order valence-corrected chi connectivity index (χ4v) is 2.58. The first-order valence-electron chi connectivity index (χ1n) is 7.41. The Morgan fingerprint density at radius 2 is 1.82 bits per heavy atom. The second-order valence-corrected chi connectivity index (χ2v) is 12.3. The van der Waals surface area contributed by atoms with Crippen LogP contribution in [0, 0.1) is 11.5 Å². The van der Waals surface area contributed by atoms with Gasteiger partial charge < -0.3 is 5.11 Å². The minimum absolute atomic E-state index is 0.0419. The van der Waals surface area contributed by atoms with Crippen molar-refractivity contribution in [2.24, 2.45) is 5.11 Å². The highest BCUT2D eigenvalue weighted by atomic mass is 28.3. The topological polar surface area (TPSA) is 69.0 Å². The highest BCUT2D eigenvalue weighted by Crippen LogP contribution is 2.31. The van der Waals surface area contributed by atoms with Gasteiger partial charge in [0.2, 0.25) is 0 Å². The zero-order chi connectivity index (χ0) is 17.0. The van der Waals surface area contributed by atoms with E-state index in [1.54, 1.807) is 0 Å². The summed E-state index contributed by atoms with van der Waals surface area (Å²) in [6.45, 7) is 13.1. The molecule has 0 radical (unpaired) electrons.